The van der Waals surface area contributed by atoms with Crippen molar-refractivity contribution in [2.45, 2.75) is 18.4 Å². The summed E-state index contributed by atoms with van der Waals surface area (Å²) in [5.41, 5.74) is 1.06. The van der Waals surface area contributed by atoms with Gasteiger partial charge in [0.05, 0.1) is 34.4 Å². The number of sulfone groups is 1. The van der Waals surface area contributed by atoms with E-state index in [1.165, 1.54) is 28.9 Å². The van der Waals surface area contributed by atoms with E-state index < -0.39 is 20.7 Å². The number of nitrogens with zero attached hydrogens (tertiary/aromatic N) is 3. The van der Waals surface area contributed by atoms with Crippen molar-refractivity contribution in [3.05, 3.63) is 69.9 Å². The van der Waals surface area contributed by atoms with Gasteiger partial charge in [-0.15, -0.1) is 0 Å². The Balaban J connectivity index is 1.54. The van der Waals surface area contributed by atoms with Crippen LogP contribution in [0.5, 0.6) is 11.5 Å². The molecule has 172 valence electrons. The van der Waals surface area contributed by atoms with E-state index in [1.54, 1.807) is 24.3 Å². The number of carbonyl (C=O) groups excluding carboxylic acids is 1. The maximum Gasteiger partial charge on any atom is 0.269 e. The van der Waals surface area contributed by atoms with Crippen LogP contribution in [0, 0.1) is 10.1 Å². The highest BCUT2D eigenvalue weighted by atomic mass is 32.2. The minimum atomic E-state index is -3.36. The molecule has 0 aliphatic carbocycles. The first kappa shape index (κ1) is 22.3. The van der Waals surface area contributed by atoms with Crippen LogP contribution < -0.4 is 14.8 Å². The number of carbonyl (C=O) groups is 1. The predicted octanol–water partition coefficient (Wildman–Crippen LogP) is 2.63. The van der Waals surface area contributed by atoms with Crippen molar-refractivity contribution in [1.82, 2.24) is 9.78 Å². The Kier molecular flexibility index (Phi) is 6.01. The molecule has 11 nitrogen and oxygen atoms in total. The number of non-ortho nitro benzene ring substituents is 1. The Bertz CT molecular complexity index is 1300. The molecule has 1 aliphatic heterocycles. The molecule has 33 heavy (non-hydrogen) atoms. The zero-order valence-electron chi connectivity index (χ0n) is 17.6. The first-order valence-corrected chi connectivity index (χ1v) is 11.8. The van der Waals surface area contributed by atoms with Gasteiger partial charge in [-0.2, -0.15) is 5.10 Å². The number of nitrogens with one attached hydrogen (secondary N) is 1. The fraction of sp³-hybridized carbons (Fsp3) is 0.238. The number of ether oxygens (including phenoxy) is 2. The van der Waals surface area contributed by atoms with E-state index in [-0.39, 0.29) is 29.6 Å². The lowest BCUT2D eigenvalue weighted by atomic mass is 10.2. The molecule has 1 aliphatic rings. The number of aromatic nitrogens is 2. The number of amides is 1. The van der Waals surface area contributed by atoms with E-state index in [0.29, 0.717) is 35.1 Å². The lowest BCUT2D eigenvalue weighted by molar-refractivity contribution is -0.384. The van der Waals surface area contributed by atoms with Crippen LogP contribution in [0.2, 0.25) is 0 Å². The summed E-state index contributed by atoms with van der Waals surface area (Å²) in [6.07, 6.45) is 0. The third kappa shape index (κ3) is 4.95. The Morgan fingerprint density at radius 2 is 1.73 bits per heavy atom. The largest absolute Gasteiger partial charge is 0.494 e. The van der Waals surface area contributed by atoms with E-state index >= 15 is 0 Å². The zero-order valence-corrected chi connectivity index (χ0v) is 18.4. The summed E-state index contributed by atoms with van der Waals surface area (Å²) >= 11 is 0. The van der Waals surface area contributed by atoms with Gasteiger partial charge in [-0.05, 0) is 43.3 Å². The average molecular weight is 472 g/mol. The van der Waals surface area contributed by atoms with Gasteiger partial charge in [-0.1, -0.05) is 0 Å². The van der Waals surface area contributed by atoms with Gasteiger partial charge in [0.15, 0.2) is 16.4 Å². The standard InChI is InChI=1S/C21H20N4O7S/c1-2-31-16-7-9-17(10-8-16)32-11-20(26)22-21-18-12-33(29,30)13-19(18)23-24(21)14-3-5-15(6-4-14)25(27)28/h3-10H,2,11-13H2,1H3,(H,22,26). The first-order valence-electron chi connectivity index (χ1n) is 9.97. The summed E-state index contributed by atoms with van der Waals surface area (Å²) in [5, 5.41) is 17.9. The minimum Gasteiger partial charge on any atom is -0.494 e. The first-order chi connectivity index (χ1) is 15.8. The number of fused-ring (bicyclic) bond motifs is 1. The van der Waals surface area contributed by atoms with Crippen molar-refractivity contribution in [3.63, 3.8) is 0 Å². The Labute approximate surface area is 189 Å². The lowest BCUT2D eigenvalue weighted by Gasteiger charge is -2.12. The van der Waals surface area contributed by atoms with Crippen LogP contribution in [0.4, 0.5) is 11.5 Å². The molecule has 12 heteroatoms. The molecule has 1 amide bonds. The van der Waals surface area contributed by atoms with Gasteiger partial charge < -0.3 is 14.8 Å². The molecule has 0 spiro atoms. The second kappa shape index (κ2) is 8.90. The van der Waals surface area contributed by atoms with E-state index in [0.717, 1.165) is 0 Å². The molecule has 0 unspecified atom stereocenters. The monoisotopic (exact) mass is 472 g/mol. The molecule has 2 heterocycles. The number of nitro benzene ring substituents is 1. The molecule has 3 aromatic rings. The lowest BCUT2D eigenvalue weighted by Crippen LogP contribution is -2.22. The highest BCUT2D eigenvalue weighted by Crippen LogP contribution is 2.33. The fourth-order valence-corrected chi connectivity index (χ4v) is 4.88. The molecular weight excluding hydrogens is 452 g/mol. The quantitative estimate of drug-likeness (QED) is 0.389. The number of hydrogen-bond acceptors (Lipinski definition) is 8. The second-order valence-electron chi connectivity index (χ2n) is 7.23. The summed E-state index contributed by atoms with van der Waals surface area (Å²) in [4.78, 5) is 23.0. The van der Waals surface area contributed by atoms with Crippen molar-refractivity contribution in [2.75, 3.05) is 18.5 Å². The van der Waals surface area contributed by atoms with E-state index in [2.05, 4.69) is 10.4 Å². The van der Waals surface area contributed by atoms with Crippen LogP contribution >= 0.6 is 0 Å². The molecule has 0 saturated carbocycles. The summed E-state index contributed by atoms with van der Waals surface area (Å²) in [6, 6.07) is 12.3. The van der Waals surface area contributed by atoms with E-state index in [9.17, 15) is 23.3 Å². The molecular formula is C21H20N4O7S. The smallest absolute Gasteiger partial charge is 0.269 e. The van der Waals surface area contributed by atoms with Crippen LogP contribution in [0.15, 0.2) is 48.5 Å². The van der Waals surface area contributed by atoms with Crippen molar-refractivity contribution in [2.24, 2.45) is 0 Å². The number of benzene rings is 2. The van der Waals surface area contributed by atoms with Crippen molar-refractivity contribution >= 4 is 27.2 Å². The summed E-state index contributed by atoms with van der Waals surface area (Å²) in [7, 11) is -3.36. The van der Waals surface area contributed by atoms with Gasteiger partial charge in [0, 0.05) is 17.7 Å². The molecule has 0 radical (unpaired) electrons. The molecule has 1 N–H and O–H groups in total. The van der Waals surface area contributed by atoms with Gasteiger partial charge in [-0.25, -0.2) is 13.1 Å². The van der Waals surface area contributed by atoms with Crippen LogP contribution in [0.25, 0.3) is 5.69 Å². The predicted molar refractivity (Wildman–Crippen MR) is 118 cm³/mol. The average Bonchev–Trinajstić information content (AvgIpc) is 3.26. The van der Waals surface area contributed by atoms with Gasteiger partial charge >= 0.3 is 0 Å². The van der Waals surface area contributed by atoms with Crippen molar-refractivity contribution in [3.8, 4) is 17.2 Å². The molecule has 4 rings (SSSR count). The normalized spacial score (nSPS) is 13.8. The highest BCUT2D eigenvalue weighted by Gasteiger charge is 2.33. The van der Waals surface area contributed by atoms with E-state index in [1.807, 2.05) is 6.92 Å². The van der Waals surface area contributed by atoms with Crippen LogP contribution in [0.1, 0.15) is 18.2 Å². The van der Waals surface area contributed by atoms with Crippen LogP contribution in [-0.4, -0.2) is 42.2 Å². The van der Waals surface area contributed by atoms with Crippen LogP contribution in [0.3, 0.4) is 0 Å². The Hall–Kier alpha value is -3.93. The number of hydrogen-bond donors (Lipinski definition) is 1. The summed E-state index contributed by atoms with van der Waals surface area (Å²) in [6.45, 7) is 2.09. The van der Waals surface area contributed by atoms with Gasteiger partial charge in [-0.3, -0.25) is 14.9 Å². The van der Waals surface area contributed by atoms with E-state index in [4.69, 9.17) is 9.47 Å². The molecule has 0 fully saturated rings. The maximum atomic E-state index is 12.6. The minimum absolute atomic E-state index is 0.102. The third-order valence-corrected chi connectivity index (χ3v) is 6.30. The number of anilines is 1. The topological polar surface area (TPSA) is 143 Å². The van der Waals surface area contributed by atoms with Crippen molar-refractivity contribution < 1.29 is 27.6 Å². The second-order valence-corrected chi connectivity index (χ2v) is 9.30. The zero-order chi connectivity index (χ0) is 23.6. The van der Waals surface area contributed by atoms with Crippen LogP contribution in [-0.2, 0) is 26.1 Å². The van der Waals surface area contributed by atoms with Gasteiger partial charge in [0.25, 0.3) is 11.6 Å². The molecule has 0 bridgehead atoms. The number of rotatable bonds is 8. The molecule has 2 aromatic carbocycles. The molecule has 1 aromatic heterocycles. The summed E-state index contributed by atoms with van der Waals surface area (Å²) < 4.78 is 36.4. The molecule has 0 saturated heterocycles. The number of nitro groups is 1. The summed E-state index contributed by atoms with van der Waals surface area (Å²) in [5.74, 6) is 0.320. The van der Waals surface area contributed by atoms with Crippen molar-refractivity contribution in [1.29, 1.82) is 0 Å². The third-order valence-electron chi connectivity index (χ3n) is 4.86. The Morgan fingerprint density at radius 1 is 1.09 bits per heavy atom. The fourth-order valence-electron chi connectivity index (χ4n) is 3.39. The molecule has 0 atom stereocenters. The SMILES string of the molecule is CCOc1ccc(OCC(=O)Nc2c3c(nn2-c2ccc([N+](=O)[O-])cc2)CS(=O)(=O)C3)cc1. The van der Waals surface area contributed by atoms with Gasteiger partial charge in [0.1, 0.15) is 17.3 Å². The maximum absolute atomic E-state index is 12.6. The Morgan fingerprint density at radius 3 is 2.33 bits per heavy atom. The van der Waals surface area contributed by atoms with Gasteiger partial charge in [0.2, 0.25) is 0 Å². The highest BCUT2D eigenvalue weighted by molar-refractivity contribution is 7.90.